The Labute approximate surface area is 85.5 Å². The predicted octanol–water partition coefficient (Wildman–Crippen LogP) is -0.216. The Morgan fingerprint density at radius 1 is 0.857 bits per heavy atom. The molecule has 5 nitrogen and oxygen atoms in total. The van der Waals surface area contributed by atoms with Crippen molar-refractivity contribution in [3.8, 4) is 0 Å². The van der Waals surface area contributed by atoms with Gasteiger partial charge in [0.05, 0.1) is 19.8 Å². The van der Waals surface area contributed by atoms with Gasteiger partial charge in [-0.3, -0.25) is 0 Å². The summed E-state index contributed by atoms with van der Waals surface area (Å²) in [7, 11) is 5.16. The van der Waals surface area contributed by atoms with Gasteiger partial charge in [0.1, 0.15) is 6.17 Å². The molecule has 84 valence electrons. The van der Waals surface area contributed by atoms with E-state index in [1.807, 2.05) is 0 Å². The van der Waals surface area contributed by atoms with Crippen molar-refractivity contribution in [1.82, 2.24) is 10.0 Å². The Bertz CT molecular complexity index is 143. The zero-order valence-electron chi connectivity index (χ0n) is 9.23. The van der Waals surface area contributed by atoms with Crippen molar-refractivity contribution in [2.24, 2.45) is 0 Å². The van der Waals surface area contributed by atoms with E-state index in [1.165, 1.54) is 0 Å². The van der Waals surface area contributed by atoms with Gasteiger partial charge in [-0.25, -0.2) is 10.0 Å². The average molecular weight is 204 g/mol. The molecule has 0 aromatic rings. The summed E-state index contributed by atoms with van der Waals surface area (Å²) in [6, 6.07) is 0. The van der Waals surface area contributed by atoms with Crippen LogP contribution in [0.2, 0.25) is 0 Å². The second-order valence-corrected chi connectivity index (χ2v) is 3.25. The number of nitrogens with zero attached hydrogens (tertiary/aromatic N) is 2. The third kappa shape index (κ3) is 3.18. The van der Waals surface area contributed by atoms with E-state index < -0.39 is 0 Å². The lowest BCUT2D eigenvalue weighted by atomic mass is 10.5. The highest BCUT2D eigenvalue weighted by atomic mass is 16.5. The fourth-order valence-corrected chi connectivity index (χ4v) is 1.54. The highest BCUT2D eigenvalue weighted by Crippen LogP contribution is 2.25. The number of hydrogen-bond donors (Lipinski definition) is 0. The van der Waals surface area contributed by atoms with E-state index in [-0.39, 0.29) is 0 Å². The number of hydrogen-bond acceptors (Lipinski definition) is 5. The van der Waals surface area contributed by atoms with E-state index in [0.29, 0.717) is 6.17 Å². The van der Waals surface area contributed by atoms with Gasteiger partial charge in [-0.15, -0.1) is 0 Å². The average Bonchev–Trinajstić information content (AvgIpc) is 2.85. The fourth-order valence-electron chi connectivity index (χ4n) is 1.54. The van der Waals surface area contributed by atoms with Gasteiger partial charge in [-0.1, -0.05) is 0 Å². The smallest absolute Gasteiger partial charge is 0.113 e. The molecular weight excluding hydrogens is 184 g/mol. The van der Waals surface area contributed by atoms with Gasteiger partial charge in [-0.2, -0.15) is 0 Å². The number of methoxy groups -OCH3 is 3. The van der Waals surface area contributed by atoms with Crippen LogP contribution in [0.25, 0.3) is 0 Å². The van der Waals surface area contributed by atoms with Crippen molar-refractivity contribution >= 4 is 0 Å². The van der Waals surface area contributed by atoms with Crippen LogP contribution in [-0.2, 0) is 14.2 Å². The van der Waals surface area contributed by atoms with Crippen LogP contribution in [0.5, 0.6) is 0 Å². The summed E-state index contributed by atoms with van der Waals surface area (Å²) in [4.78, 5) is 0. The molecule has 0 bridgehead atoms. The quantitative estimate of drug-likeness (QED) is 0.511. The molecule has 1 heterocycles. The van der Waals surface area contributed by atoms with Crippen molar-refractivity contribution in [3.05, 3.63) is 0 Å². The minimum Gasteiger partial charge on any atom is -0.383 e. The summed E-state index contributed by atoms with van der Waals surface area (Å²) >= 11 is 0. The molecule has 2 atom stereocenters. The molecule has 5 heteroatoms. The van der Waals surface area contributed by atoms with Gasteiger partial charge in [0.15, 0.2) is 0 Å². The van der Waals surface area contributed by atoms with Gasteiger partial charge >= 0.3 is 0 Å². The molecule has 0 aromatic carbocycles. The van der Waals surface area contributed by atoms with Gasteiger partial charge in [0.2, 0.25) is 0 Å². The maximum absolute atomic E-state index is 5.12. The summed E-state index contributed by atoms with van der Waals surface area (Å²) < 4.78 is 15.2. The third-order valence-electron chi connectivity index (χ3n) is 2.33. The van der Waals surface area contributed by atoms with E-state index in [9.17, 15) is 0 Å². The SMILES string of the molecule is COCCN1C(COC)N1CCOC. The van der Waals surface area contributed by atoms with E-state index in [4.69, 9.17) is 14.2 Å². The van der Waals surface area contributed by atoms with Crippen molar-refractivity contribution in [3.63, 3.8) is 0 Å². The van der Waals surface area contributed by atoms with Crippen LogP contribution in [0, 0.1) is 0 Å². The molecule has 1 aliphatic heterocycles. The molecule has 1 aliphatic rings. The van der Waals surface area contributed by atoms with Crippen molar-refractivity contribution < 1.29 is 14.2 Å². The molecule has 0 spiro atoms. The van der Waals surface area contributed by atoms with E-state index in [2.05, 4.69) is 10.0 Å². The Balaban J connectivity index is 2.19. The molecule has 0 aliphatic carbocycles. The second kappa shape index (κ2) is 6.31. The molecule has 2 unspecified atom stereocenters. The zero-order valence-corrected chi connectivity index (χ0v) is 9.23. The van der Waals surface area contributed by atoms with Crippen molar-refractivity contribution in [1.29, 1.82) is 0 Å². The lowest BCUT2D eigenvalue weighted by Gasteiger charge is -2.02. The predicted molar refractivity (Wildman–Crippen MR) is 52.8 cm³/mol. The first-order valence-corrected chi connectivity index (χ1v) is 4.85. The van der Waals surface area contributed by atoms with Crippen LogP contribution in [0.15, 0.2) is 0 Å². The molecule has 0 N–H and O–H groups in total. The third-order valence-corrected chi connectivity index (χ3v) is 2.33. The monoisotopic (exact) mass is 204 g/mol. The molecule has 0 aromatic heterocycles. The first-order chi connectivity index (χ1) is 6.85. The summed E-state index contributed by atoms with van der Waals surface area (Å²) in [6.45, 7) is 4.10. The Kier molecular flexibility index (Phi) is 5.36. The highest BCUT2D eigenvalue weighted by molar-refractivity contribution is 4.83. The molecule has 14 heavy (non-hydrogen) atoms. The zero-order chi connectivity index (χ0) is 10.4. The first kappa shape index (κ1) is 11.9. The van der Waals surface area contributed by atoms with Crippen LogP contribution in [-0.4, -0.2) is 70.4 Å². The Hall–Kier alpha value is -0.200. The number of hydrazine groups is 1. The molecule has 1 rings (SSSR count). The van der Waals surface area contributed by atoms with Crippen LogP contribution in [0.3, 0.4) is 0 Å². The van der Waals surface area contributed by atoms with Gasteiger partial charge in [0.25, 0.3) is 0 Å². The summed E-state index contributed by atoms with van der Waals surface area (Å²) in [5.41, 5.74) is 0. The number of ether oxygens (including phenoxy) is 3. The van der Waals surface area contributed by atoms with Crippen LogP contribution < -0.4 is 0 Å². The highest BCUT2D eigenvalue weighted by Gasteiger charge is 2.43. The van der Waals surface area contributed by atoms with E-state index in [0.717, 1.165) is 32.9 Å². The first-order valence-electron chi connectivity index (χ1n) is 4.85. The topological polar surface area (TPSA) is 33.7 Å². The maximum atomic E-state index is 5.12. The summed E-state index contributed by atoms with van der Waals surface area (Å²) in [5.74, 6) is 0. The standard InChI is InChI=1S/C9H20N2O3/c1-12-6-4-10-9(8-14-3)11(10)5-7-13-2/h9H,4-8H2,1-3H3. The lowest BCUT2D eigenvalue weighted by Crippen LogP contribution is -2.16. The normalized spacial score (nSPS) is 30.6. The minimum absolute atomic E-state index is 0.408. The Morgan fingerprint density at radius 2 is 1.36 bits per heavy atom. The molecule has 0 radical (unpaired) electrons. The van der Waals surface area contributed by atoms with Gasteiger partial charge in [0, 0.05) is 34.4 Å². The van der Waals surface area contributed by atoms with E-state index >= 15 is 0 Å². The molecule has 0 amide bonds. The van der Waals surface area contributed by atoms with Gasteiger partial charge < -0.3 is 14.2 Å². The largest absolute Gasteiger partial charge is 0.383 e. The Morgan fingerprint density at radius 3 is 1.71 bits per heavy atom. The lowest BCUT2D eigenvalue weighted by molar-refractivity contribution is 0.139. The summed E-state index contributed by atoms with van der Waals surface area (Å²) in [5, 5.41) is 4.48. The van der Waals surface area contributed by atoms with Gasteiger partial charge in [-0.05, 0) is 0 Å². The summed E-state index contributed by atoms with van der Waals surface area (Å²) in [6.07, 6.45) is 0.408. The molecule has 1 saturated heterocycles. The van der Waals surface area contributed by atoms with Crippen molar-refractivity contribution in [2.45, 2.75) is 6.17 Å². The van der Waals surface area contributed by atoms with E-state index in [1.54, 1.807) is 21.3 Å². The van der Waals surface area contributed by atoms with Crippen molar-refractivity contribution in [2.75, 3.05) is 54.2 Å². The van der Waals surface area contributed by atoms with Crippen LogP contribution >= 0.6 is 0 Å². The number of rotatable bonds is 8. The van der Waals surface area contributed by atoms with Crippen LogP contribution in [0.1, 0.15) is 0 Å². The second-order valence-electron chi connectivity index (χ2n) is 3.25. The minimum atomic E-state index is 0.408. The molecule has 1 fully saturated rings. The van der Waals surface area contributed by atoms with Crippen LogP contribution in [0.4, 0.5) is 0 Å². The maximum Gasteiger partial charge on any atom is 0.113 e. The fraction of sp³-hybridized carbons (Fsp3) is 1.00. The molecular formula is C9H20N2O3. The molecule has 0 saturated carbocycles.